The molecule has 0 bridgehead atoms. The summed E-state index contributed by atoms with van der Waals surface area (Å²) in [4.78, 5) is 25.8. The summed E-state index contributed by atoms with van der Waals surface area (Å²) in [6.45, 7) is 3.55. The number of aryl methyl sites for hydroxylation is 1. The number of aromatic nitrogens is 1. The molecule has 1 aromatic heterocycles. The van der Waals surface area contributed by atoms with Crippen molar-refractivity contribution in [2.24, 2.45) is 0 Å². The summed E-state index contributed by atoms with van der Waals surface area (Å²) >= 11 is 5.89. The SMILES string of the molecule is CCCc1cc2c3c(c1)c(=O)c(C(=O)NCc1ccc(Cl)cc1)cn3CCO2. The van der Waals surface area contributed by atoms with Crippen molar-refractivity contribution in [2.75, 3.05) is 6.61 Å². The lowest BCUT2D eigenvalue weighted by molar-refractivity contribution is 0.0949. The zero-order valence-electron chi connectivity index (χ0n) is 15.6. The monoisotopic (exact) mass is 396 g/mol. The van der Waals surface area contributed by atoms with E-state index in [0.717, 1.165) is 35.2 Å². The molecule has 1 aliphatic heterocycles. The van der Waals surface area contributed by atoms with Crippen molar-refractivity contribution in [3.63, 3.8) is 0 Å². The Labute approximate surface area is 167 Å². The van der Waals surface area contributed by atoms with Crippen molar-refractivity contribution in [1.29, 1.82) is 0 Å². The Hall–Kier alpha value is -2.79. The lowest BCUT2D eigenvalue weighted by Gasteiger charge is -2.22. The molecule has 1 aliphatic rings. The van der Waals surface area contributed by atoms with Gasteiger partial charge in [0.05, 0.1) is 17.4 Å². The predicted molar refractivity (Wildman–Crippen MR) is 110 cm³/mol. The van der Waals surface area contributed by atoms with Crippen LogP contribution in [0.2, 0.25) is 5.02 Å². The van der Waals surface area contributed by atoms with Crippen LogP contribution in [0.4, 0.5) is 0 Å². The highest BCUT2D eigenvalue weighted by Gasteiger charge is 2.21. The number of nitrogens with one attached hydrogen (secondary N) is 1. The van der Waals surface area contributed by atoms with Gasteiger partial charge in [-0.15, -0.1) is 0 Å². The second kappa shape index (κ2) is 7.68. The first-order chi connectivity index (χ1) is 13.6. The maximum absolute atomic E-state index is 13.1. The van der Waals surface area contributed by atoms with E-state index in [9.17, 15) is 9.59 Å². The minimum Gasteiger partial charge on any atom is -0.490 e. The first kappa shape index (κ1) is 18.6. The highest BCUT2D eigenvalue weighted by molar-refractivity contribution is 6.30. The van der Waals surface area contributed by atoms with Gasteiger partial charge >= 0.3 is 0 Å². The summed E-state index contributed by atoms with van der Waals surface area (Å²) in [6, 6.07) is 11.1. The lowest BCUT2D eigenvalue weighted by atomic mass is 10.0. The molecule has 0 spiro atoms. The van der Waals surface area contributed by atoms with Crippen LogP contribution in [0.25, 0.3) is 10.9 Å². The van der Waals surface area contributed by atoms with Gasteiger partial charge in [0, 0.05) is 17.8 Å². The van der Waals surface area contributed by atoms with Crippen LogP contribution in [0.15, 0.2) is 47.4 Å². The molecule has 6 heteroatoms. The standard InChI is InChI=1S/C22H21ClN2O3/c1-2-3-15-10-17-20-19(11-15)28-9-8-25(20)13-18(21(17)26)22(27)24-12-14-4-6-16(23)7-5-14/h4-7,10-11,13H,2-3,8-9,12H2,1H3,(H,24,27). The van der Waals surface area contributed by atoms with E-state index in [1.165, 1.54) is 0 Å². The van der Waals surface area contributed by atoms with Gasteiger partial charge in [0.1, 0.15) is 17.9 Å². The van der Waals surface area contributed by atoms with Crippen molar-refractivity contribution in [3.8, 4) is 5.75 Å². The highest BCUT2D eigenvalue weighted by atomic mass is 35.5. The Morgan fingerprint density at radius 3 is 2.75 bits per heavy atom. The van der Waals surface area contributed by atoms with Crippen LogP contribution in [0, 0.1) is 0 Å². The number of benzene rings is 2. The molecular formula is C22H21ClN2O3. The van der Waals surface area contributed by atoms with Crippen LogP contribution in [-0.2, 0) is 19.5 Å². The van der Waals surface area contributed by atoms with Crippen LogP contribution in [0.1, 0.15) is 34.8 Å². The molecule has 0 atom stereocenters. The van der Waals surface area contributed by atoms with E-state index in [4.69, 9.17) is 16.3 Å². The fourth-order valence-corrected chi connectivity index (χ4v) is 3.70. The quantitative estimate of drug-likeness (QED) is 0.710. The number of nitrogens with zero attached hydrogens (tertiary/aromatic N) is 1. The zero-order chi connectivity index (χ0) is 19.7. The fourth-order valence-electron chi connectivity index (χ4n) is 3.57. The van der Waals surface area contributed by atoms with E-state index in [-0.39, 0.29) is 16.9 Å². The molecule has 144 valence electrons. The topological polar surface area (TPSA) is 60.3 Å². The molecule has 4 rings (SSSR count). The smallest absolute Gasteiger partial charge is 0.257 e. The molecule has 28 heavy (non-hydrogen) atoms. The number of rotatable bonds is 5. The maximum Gasteiger partial charge on any atom is 0.257 e. The number of carbonyl (C=O) groups excluding carboxylic acids is 1. The number of amides is 1. The maximum atomic E-state index is 13.1. The largest absolute Gasteiger partial charge is 0.490 e. The van der Waals surface area contributed by atoms with Crippen LogP contribution in [0.3, 0.4) is 0 Å². The zero-order valence-corrected chi connectivity index (χ0v) is 16.4. The first-order valence-corrected chi connectivity index (χ1v) is 9.80. The summed E-state index contributed by atoms with van der Waals surface area (Å²) in [6.07, 6.45) is 3.48. The van der Waals surface area contributed by atoms with Gasteiger partial charge in [-0.3, -0.25) is 9.59 Å². The van der Waals surface area contributed by atoms with Crippen LogP contribution >= 0.6 is 11.6 Å². The average molecular weight is 397 g/mol. The Kier molecular flexibility index (Phi) is 5.09. The minimum absolute atomic E-state index is 0.156. The van der Waals surface area contributed by atoms with Crippen LogP contribution in [0.5, 0.6) is 5.75 Å². The summed E-state index contributed by atoms with van der Waals surface area (Å²) in [5.74, 6) is 0.344. The minimum atomic E-state index is -0.375. The molecule has 2 aromatic carbocycles. The second-order valence-corrected chi connectivity index (χ2v) is 7.40. The van der Waals surface area contributed by atoms with Crippen molar-refractivity contribution in [2.45, 2.75) is 32.9 Å². The third-order valence-electron chi connectivity index (χ3n) is 4.94. The number of hydrogen-bond donors (Lipinski definition) is 1. The average Bonchev–Trinajstić information content (AvgIpc) is 2.70. The third kappa shape index (κ3) is 3.50. The molecule has 5 nitrogen and oxygen atoms in total. The van der Waals surface area contributed by atoms with Gasteiger partial charge in [-0.05, 0) is 41.8 Å². The van der Waals surface area contributed by atoms with Crippen molar-refractivity contribution in [1.82, 2.24) is 9.88 Å². The van der Waals surface area contributed by atoms with Gasteiger partial charge in [0.15, 0.2) is 0 Å². The molecule has 1 N–H and O–H groups in total. The molecular weight excluding hydrogens is 376 g/mol. The van der Waals surface area contributed by atoms with Gasteiger partial charge in [0.2, 0.25) is 5.43 Å². The van der Waals surface area contributed by atoms with Crippen molar-refractivity contribution in [3.05, 3.63) is 74.5 Å². The first-order valence-electron chi connectivity index (χ1n) is 9.42. The third-order valence-corrected chi connectivity index (χ3v) is 5.19. The molecule has 0 fully saturated rings. The summed E-state index contributed by atoms with van der Waals surface area (Å²) in [7, 11) is 0. The van der Waals surface area contributed by atoms with E-state index < -0.39 is 0 Å². The van der Waals surface area contributed by atoms with Crippen LogP contribution < -0.4 is 15.5 Å². The molecule has 0 unspecified atom stereocenters. The van der Waals surface area contributed by atoms with E-state index in [2.05, 4.69) is 12.2 Å². The molecule has 1 amide bonds. The number of pyridine rings is 1. The van der Waals surface area contributed by atoms with E-state index >= 15 is 0 Å². The molecule has 0 radical (unpaired) electrons. The van der Waals surface area contributed by atoms with E-state index in [0.29, 0.717) is 30.1 Å². The number of carbonyl (C=O) groups is 1. The summed E-state index contributed by atoms with van der Waals surface area (Å²) < 4.78 is 7.73. The van der Waals surface area contributed by atoms with Crippen molar-refractivity contribution < 1.29 is 9.53 Å². The molecule has 3 aromatic rings. The Morgan fingerprint density at radius 2 is 2.00 bits per heavy atom. The van der Waals surface area contributed by atoms with Crippen LogP contribution in [-0.4, -0.2) is 17.1 Å². The van der Waals surface area contributed by atoms with Gasteiger partial charge in [0.25, 0.3) is 5.91 Å². The number of halogens is 1. The van der Waals surface area contributed by atoms with Gasteiger partial charge in [-0.1, -0.05) is 37.1 Å². The predicted octanol–water partition coefficient (Wildman–Crippen LogP) is 3.93. The van der Waals surface area contributed by atoms with Gasteiger partial charge in [-0.25, -0.2) is 0 Å². The summed E-state index contributed by atoms with van der Waals surface area (Å²) in [5.41, 5.74) is 2.63. The highest BCUT2D eigenvalue weighted by Crippen LogP contribution is 2.29. The molecule has 2 heterocycles. The summed E-state index contributed by atoms with van der Waals surface area (Å²) in [5, 5.41) is 4.02. The second-order valence-electron chi connectivity index (χ2n) is 6.96. The van der Waals surface area contributed by atoms with E-state index in [1.807, 2.05) is 28.8 Å². The lowest BCUT2D eigenvalue weighted by Crippen LogP contribution is -2.30. The molecule has 0 saturated carbocycles. The van der Waals surface area contributed by atoms with Gasteiger partial charge < -0.3 is 14.6 Å². The van der Waals surface area contributed by atoms with E-state index in [1.54, 1.807) is 18.3 Å². The number of ether oxygens (including phenoxy) is 1. The Balaban J connectivity index is 1.71. The molecule has 0 saturated heterocycles. The number of hydrogen-bond acceptors (Lipinski definition) is 3. The fraction of sp³-hybridized carbons (Fsp3) is 0.273. The normalized spacial score (nSPS) is 12.6. The van der Waals surface area contributed by atoms with Crippen molar-refractivity contribution >= 4 is 28.4 Å². The van der Waals surface area contributed by atoms with Gasteiger partial charge in [-0.2, -0.15) is 0 Å². The molecule has 0 aliphatic carbocycles. The Bertz CT molecular complexity index is 1100. The Morgan fingerprint density at radius 1 is 1.21 bits per heavy atom.